The molecule has 0 atom stereocenters. The SMILES string of the molecule is CCCc1cc(Oc2cc(CC)c(O)c(CCC)c2)cc(CC)c1O. The molecule has 136 valence electrons. The molecule has 2 rings (SSSR count). The second-order valence-corrected chi connectivity index (χ2v) is 6.49. The van der Waals surface area contributed by atoms with Gasteiger partial charge in [0.15, 0.2) is 0 Å². The number of rotatable bonds is 8. The topological polar surface area (TPSA) is 49.7 Å². The molecule has 2 N–H and O–H groups in total. The van der Waals surface area contributed by atoms with Gasteiger partial charge in [-0.3, -0.25) is 0 Å². The van der Waals surface area contributed by atoms with Crippen LogP contribution in [0, 0.1) is 0 Å². The molecule has 25 heavy (non-hydrogen) atoms. The van der Waals surface area contributed by atoms with Crippen LogP contribution in [0.15, 0.2) is 24.3 Å². The van der Waals surface area contributed by atoms with Gasteiger partial charge in [-0.2, -0.15) is 0 Å². The largest absolute Gasteiger partial charge is 0.507 e. The number of phenolic OH excluding ortho intramolecular Hbond substituents is 2. The summed E-state index contributed by atoms with van der Waals surface area (Å²) in [7, 11) is 0. The van der Waals surface area contributed by atoms with Gasteiger partial charge in [-0.15, -0.1) is 0 Å². The number of hydrogen-bond acceptors (Lipinski definition) is 3. The van der Waals surface area contributed by atoms with E-state index in [9.17, 15) is 10.2 Å². The maximum absolute atomic E-state index is 10.4. The van der Waals surface area contributed by atoms with Crippen molar-refractivity contribution in [3.8, 4) is 23.0 Å². The first-order valence-corrected chi connectivity index (χ1v) is 9.41. The van der Waals surface area contributed by atoms with Gasteiger partial charge in [0, 0.05) is 0 Å². The molecule has 0 heterocycles. The van der Waals surface area contributed by atoms with Crippen molar-refractivity contribution in [1.82, 2.24) is 0 Å². The fourth-order valence-electron chi connectivity index (χ4n) is 3.17. The van der Waals surface area contributed by atoms with E-state index in [1.165, 1.54) is 0 Å². The van der Waals surface area contributed by atoms with Gasteiger partial charge < -0.3 is 14.9 Å². The zero-order valence-corrected chi connectivity index (χ0v) is 15.9. The standard InChI is InChI=1S/C22H30O3/c1-5-9-17-13-19(11-15(7-3)21(17)23)25-20-12-16(8-4)22(24)18(14-20)10-6-2/h11-14,23-24H,5-10H2,1-4H3. The van der Waals surface area contributed by atoms with Crippen LogP contribution >= 0.6 is 0 Å². The van der Waals surface area contributed by atoms with E-state index >= 15 is 0 Å². The van der Waals surface area contributed by atoms with Crippen LogP contribution in [0.2, 0.25) is 0 Å². The van der Waals surface area contributed by atoms with E-state index in [2.05, 4.69) is 13.8 Å². The van der Waals surface area contributed by atoms with Gasteiger partial charge in [-0.25, -0.2) is 0 Å². The lowest BCUT2D eigenvalue weighted by atomic mass is 10.0. The molecule has 0 bridgehead atoms. The third-order valence-corrected chi connectivity index (χ3v) is 4.52. The third-order valence-electron chi connectivity index (χ3n) is 4.52. The molecule has 3 heteroatoms. The van der Waals surface area contributed by atoms with Gasteiger partial charge in [-0.1, -0.05) is 40.5 Å². The van der Waals surface area contributed by atoms with Gasteiger partial charge >= 0.3 is 0 Å². The van der Waals surface area contributed by atoms with Crippen molar-refractivity contribution in [2.45, 2.75) is 66.2 Å². The number of aryl methyl sites for hydroxylation is 4. The van der Waals surface area contributed by atoms with Crippen LogP contribution in [0.4, 0.5) is 0 Å². The minimum atomic E-state index is 0.392. The summed E-state index contributed by atoms with van der Waals surface area (Å²) >= 11 is 0. The van der Waals surface area contributed by atoms with Crippen molar-refractivity contribution < 1.29 is 14.9 Å². The lowest BCUT2D eigenvalue weighted by molar-refractivity contribution is 0.444. The average Bonchev–Trinajstić information content (AvgIpc) is 2.60. The highest BCUT2D eigenvalue weighted by Gasteiger charge is 2.13. The number of aromatic hydroxyl groups is 2. The Hall–Kier alpha value is -2.16. The highest BCUT2D eigenvalue weighted by Crippen LogP contribution is 2.35. The summed E-state index contributed by atoms with van der Waals surface area (Å²) in [5, 5.41) is 20.7. The lowest BCUT2D eigenvalue weighted by Crippen LogP contribution is -1.96. The minimum Gasteiger partial charge on any atom is -0.507 e. The van der Waals surface area contributed by atoms with E-state index in [4.69, 9.17) is 4.74 Å². The number of hydrogen-bond donors (Lipinski definition) is 2. The van der Waals surface area contributed by atoms with Crippen molar-refractivity contribution in [3.05, 3.63) is 46.5 Å². The van der Waals surface area contributed by atoms with Gasteiger partial charge in [0.1, 0.15) is 23.0 Å². The molecule has 0 fully saturated rings. The molecule has 0 aliphatic heterocycles. The molecule has 0 saturated heterocycles. The van der Waals surface area contributed by atoms with Crippen LogP contribution in [0.5, 0.6) is 23.0 Å². The molecular weight excluding hydrogens is 312 g/mol. The number of ether oxygens (including phenoxy) is 1. The van der Waals surface area contributed by atoms with Gasteiger partial charge in [-0.05, 0) is 72.2 Å². The van der Waals surface area contributed by atoms with Crippen LogP contribution in [0.25, 0.3) is 0 Å². The Balaban J connectivity index is 2.41. The molecule has 0 unspecified atom stereocenters. The molecule has 3 nitrogen and oxygen atoms in total. The Morgan fingerprint density at radius 2 is 1.00 bits per heavy atom. The molecule has 2 aromatic rings. The second-order valence-electron chi connectivity index (χ2n) is 6.49. The summed E-state index contributed by atoms with van der Waals surface area (Å²) in [5.41, 5.74) is 3.67. The van der Waals surface area contributed by atoms with Crippen LogP contribution in [-0.2, 0) is 25.7 Å². The molecule has 0 spiro atoms. The van der Waals surface area contributed by atoms with Crippen molar-refractivity contribution in [2.75, 3.05) is 0 Å². The Labute approximate surface area is 151 Å². The minimum absolute atomic E-state index is 0.392. The van der Waals surface area contributed by atoms with Gasteiger partial charge in [0.2, 0.25) is 0 Å². The Kier molecular flexibility index (Phi) is 6.74. The number of phenols is 2. The number of benzene rings is 2. The molecule has 0 radical (unpaired) electrons. The molecule has 0 aliphatic rings. The summed E-state index contributed by atoms with van der Waals surface area (Å²) in [6, 6.07) is 7.67. The maximum Gasteiger partial charge on any atom is 0.128 e. The Bertz CT molecular complexity index is 658. The normalized spacial score (nSPS) is 10.9. The predicted octanol–water partition coefficient (Wildman–Crippen LogP) is 5.92. The highest BCUT2D eigenvalue weighted by atomic mass is 16.5. The smallest absolute Gasteiger partial charge is 0.128 e. The van der Waals surface area contributed by atoms with Crippen LogP contribution < -0.4 is 4.74 Å². The first kappa shape index (κ1) is 19.2. The van der Waals surface area contributed by atoms with Gasteiger partial charge in [0.05, 0.1) is 0 Å². The summed E-state index contributed by atoms with van der Waals surface area (Å²) in [5.74, 6) is 2.27. The summed E-state index contributed by atoms with van der Waals surface area (Å²) in [6.07, 6.45) is 5.12. The Morgan fingerprint density at radius 3 is 1.32 bits per heavy atom. The van der Waals surface area contributed by atoms with E-state index < -0.39 is 0 Å². The second kappa shape index (κ2) is 8.80. The fraction of sp³-hybridized carbons (Fsp3) is 0.455. The average molecular weight is 342 g/mol. The molecule has 0 aromatic heterocycles. The molecule has 2 aromatic carbocycles. The summed E-state index contributed by atoms with van der Waals surface area (Å²) < 4.78 is 6.13. The van der Waals surface area contributed by atoms with E-state index in [0.29, 0.717) is 11.5 Å². The first-order chi connectivity index (χ1) is 12.0. The third kappa shape index (κ3) is 4.47. The van der Waals surface area contributed by atoms with Crippen molar-refractivity contribution >= 4 is 0 Å². The molecule has 0 saturated carbocycles. The van der Waals surface area contributed by atoms with Crippen LogP contribution in [-0.4, -0.2) is 10.2 Å². The van der Waals surface area contributed by atoms with Gasteiger partial charge in [0.25, 0.3) is 0 Å². The van der Waals surface area contributed by atoms with Crippen molar-refractivity contribution in [2.24, 2.45) is 0 Å². The predicted molar refractivity (Wildman–Crippen MR) is 103 cm³/mol. The first-order valence-electron chi connectivity index (χ1n) is 9.41. The van der Waals surface area contributed by atoms with E-state index in [-0.39, 0.29) is 0 Å². The van der Waals surface area contributed by atoms with Crippen molar-refractivity contribution in [3.63, 3.8) is 0 Å². The monoisotopic (exact) mass is 342 g/mol. The van der Waals surface area contributed by atoms with Crippen molar-refractivity contribution in [1.29, 1.82) is 0 Å². The van der Waals surface area contributed by atoms with E-state index in [0.717, 1.165) is 72.3 Å². The zero-order chi connectivity index (χ0) is 18.4. The van der Waals surface area contributed by atoms with Crippen LogP contribution in [0.3, 0.4) is 0 Å². The molecule has 0 amide bonds. The quantitative estimate of drug-likeness (QED) is 0.626. The highest BCUT2D eigenvalue weighted by molar-refractivity contribution is 5.50. The molecule has 0 aliphatic carbocycles. The summed E-state index contributed by atoms with van der Waals surface area (Å²) in [6.45, 7) is 8.26. The van der Waals surface area contributed by atoms with Crippen LogP contribution in [0.1, 0.15) is 62.8 Å². The van der Waals surface area contributed by atoms with E-state index in [1.54, 1.807) is 0 Å². The zero-order valence-electron chi connectivity index (χ0n) is 15.9. The summed E-state index contributed by atoms with van der Waals surface area (Å²) in [4.78, 5) is 0. The Morgan fingerprint density at radius 1 is 0.640 bits per heavy atom. The lowest BCUT2D eigenvalue weighted by Gasteiger charge is -2.15. The fourth-order valence-corrected chi connectivity index (χ4v) is 3.17. The maximum atomic E-state index is 10.4. The molecular formula is C22H30O3. The van der Waals surface area contributed by atoms with E-state index in [1.807, 2.05) is 38.1 Å².